The fourth-order valence-corrected chi connectivity index (χ4v) is 1.54. The van der Waals surface area contributed by atoms with Crippen LogP contribution in [0.25, 0.3) is 0 Å². The van der Waals surface area contributed by atoms with E-state index in [1.165, 1.54) is 13.0 Å². The van der Waals surface area contributed by atoms with Gasteiger partial charge in [-0.2, -0.15) is 0 Å². The molecule has 0 unspecified atom stereocenters. The molecule has 1 rings (SSSR count). The van der Waals surface area contributed by atoms with E-state index in [1.54, 1.807) is 0 Å². The highest BCUT2D eigenvalue weighted by Crippen LogP contribution is 2.13. The van der Waals surface area contributed by atoms with Gasteiger partial charge in [0, 0.05) is 5.70 Å². The standard InChI is InChI=1S/C13H17NO2/c1-10(8-11(2)16)14-13(9-15)12-6-4-3-5-7-12/h3-8,13-15H,9H2,1-2H3/t13-/m1/s1. The highest BCUT2D eigenvalue weighted by atomic mass is 16.3. The zero-order valence-electron chi connectivity index (χ0n) is 9.60. The summed E-state index contributed by atoms with van der Waals surface area (Å²) in [6.07, 6.45) is 1.52. The van der Waals surface area contributed by atoms with Crippen molar-refractivity contribution in [3.8, 4) is 0 Å². The number of aliphatic hydroxyl groups excluding tert-OH is 1. The van der Waals surface area contributed by atoms with Crippen molar-refractivity contribution in [1.29, 1.82) is 0 Å². The minimum atomic E-state index is -0.170. The Kier molecular flexibility index (Phi) is 4.73. The maximum absolute atomic E-state index is 10.9. The second-order valence-electron chi connectivity index (χ2n) is 3.73. The number of aliphatic hydroxyl groups is 1. The SMILES string of the molecule is CC(=O)C=C(C)N[C@H](CO)c1ccccc1. The molecule has 3 heteroatoms. The summed E-state index contributed by atoms with van der Waals surface area (Å²) >= 11 is 0. The Balaban J connectivity index is 2.74. The molecule has 3 nitrogen and oxygen atoms in total. The fourth-order valence-electron chi connectivity index (χ4n) is 1.54. The lowest BCUT2D eigenvalue weighted by Crippen LogP contribution is -2.23. The van der Waals surface area contributed by atoms with E-state index >= 15 is 0 Å². The normalized spacial score (nSPS) is 13.3. The van der Waals surface area contributed by atoms with Crippen LogP contribution in [-0.4, -0.2) is 17.5 Å². The van der Waals surface area contributed by atoms with Gasteiger partial charge < -0.3 is 10.4 Å². The molecule has 16 heavy (non-hydrogen) atoms. The van der Waals surface area contributed by atoms with E-state index in [-0.39, 0.29) is 18.4 Å². The predicted molar refractivity (Wildman–Crippen MR) is 63.8 cm³/mol. The minimum absolute atomic E-state index is 0.00486. The van der Waals surface area contributed by atoms with Gasteiger partial charge in [0.25, 0.3) is 0 Å². The summed E-state index contributed by atoms with van der Waals surface area (Å²) in [6, 6.07) is 9.48. The van der Waals surface area contributed by atoms with E-state index in [0.29, 0.717) is 0 Å². The molecular weight excluding hydrogens is 202 g/mol. The number of benzene rings is 1. The lowest BCUT2D eigenvalue weighted by atomic mass is 10.1. The Bertz CT molecular complexity index is 371. The van der Waals surface area contributed by atoms with Crippen molar-refractivity contribution in [1.82, 2.24) is 5.32 Å². The number of carbonyl (C=O) groups is 1. The molecule has 1 aromatic rings. The van der Waals surface area contributed by atoms with Gasteiger partial charge >= 0.3 is 0 Å². The van der Waals surface area contributed by atoms with Crippen LogP contribution in [0.3, 0.4) is 0 Å². The molecule has 86 valence electrons. The van der Waals surface area contributed by atoms with E-state index in [9.17, 15) is 9.90 Å². The van der Waals surface area contributed by atoms with Crippen molar-refractivity contribution in [3.05, 3.63) is 47.7 Å². The Morgan fingerprint density at radius 3 is 2.50 bits per heavy atom. The Hall–Kier alpha value is -1.61. The third kappa shape index (κ3) is 3.87. The summed E-state index contributed by atoms with van der Waals surface area (Å²) in [5.74, 6) is -0.00486. The van der Waals surface area contributed by atoms with Crippen LogP contribution < -0.4 is 5.32 Å². The number of rotatable bonds is 5. The van der Waals surface area contributed by atoms with E-state index in [4.69, 9.17) is 0 Å². The smallest absolute Gasteiger partial charge is 0.154 e. The fraction of sp³-hybridized carbons (Fsp3) is 0.308. The van der Waals surface area contributed by atoms with Crippen molar-refractivity contribution in [3.63, 3.8) is 0 Å². The maximum atomic E-state index is 10.9. The Morgan fingerprint density at radius 1 is 1.38 bits per heavy atom. The summed E-state index contributed by atoms with van der Waals surface area (Å²) in [4.78, 5) is 10.9. The van der Waals surface area contributed by atoms with Crippen LogP contribution in [0.2, 0.25) is 0 Å². The average Bonchev–Trinajstić information content (AvgIpc) is 2.26. The molecule has 0 aromatic heterocycles. The maximum Gasteiger partial charge on any atom is 0.154 e. The third-order valence-corrected chi connectivity index (χ3v) is 2.21. The summed E-state index contributed by atoms with van der Waals surface area (Å²) in [6.45, 7) is 3.31. The molecule has 2 N–H and O–H groups in total. The largest absolute Gasteiger partial charge is 0.394 e. The minimum Gasteiger partial charge on any atom is -0.394 e. The summed E-state index contributed by atoms with van der Waals surface area (Å²) < 4.78 is 0. The van der Waals surface area contributed by atoms with E-state index in [1.807, 2.05) is 37.3 Å². The van der Waals surface area contributed by atoms with Crippen molar-refractivity contribution in [2.45, 2.75) is 19.9 Å². The molecule has 0 aliphatic carbocycles. The van der Waals surface area contributed by atoms with Gasteiger partial charge in [-0.25, -0.2) is 0 Å². The predicted octanol–water partition coefficient (Wildman–Crippen LogP) is 1.80. The van der Waals surface area contributed by atoms with E-state index in [2.05, 4.69) is 5.32 Å². The van der Waals surface area contributed by atoms with Gasteiger partial charge in [-0.3, -0.25) is 4.79 Å². The van der Waals surface area contributed by atoms with Crippen LogP contribution in [0, 0.1) is 0 Å². The van der Waals surface area contributed by atoms with Gasteiger partial charge in [0.05, 0.1) is 12.6 Å². The second-order valence-corrected chi connectivity index (χ2v) is 3.73. The van der Waals surface area contributed by atoms with Gasteiger partial charge in [-0.05, 0) is 25.5 Å². The van der Waals surface area contributed by atoms with Crippen LogP contribution in [-0.2, 0) is 4.79 Å². The lowest BCUT2D eigenvalue weighted by molar-refractivity contribution is -0.112. The molecule has 0 heterocycles. The lowest BCUT2D eigenvalue weighted by Gasteiger charge is -2.18. The van der Waals surface area contributed by atoms with Crippen LogP contribution in [0.1, 0.15) is 25.5 Å². The molecule has 1 atom stereocenters. The molecule has 0 aliphatic rings. The summed E-state index contributed by atoms with van der Waals surface area (Å²) in [5, 5.41) is 12.4. The zero-order valence-corrected chi connectivity index (χ0v) is 9.60. The first-order valence-electron chi connectivity index (χ1n) is 5.24. The van der Waals surface area contributed by atoms with Crippen molar-refractivity contribution < 1.29 is 9.90 Å². The van der Waals surface area contributed by atoms with E-state index < -0.39 is 0 Å². The van der Waals surface area contributed by atoms with Gasteiger partial charge in [0.2, 0.25) is 0 Å². The molecule has 0 saturated carbocycles. The molecule has 0 aliphatic heterocycles. The van der Waals surface area contributed by atoms with Gasteiger partial charge in [0.15, 0.2) is 5.78 Å². The van der Waals surface area contributed by atoms with Gasteiger partial charge in [-0.1, -0.05) is 30.3 Å². The number of allylic oxidation sites excluding steroid dienone is 2. The number of carbonyl (C=O) groups excluding carboxylic acids is 1. The summed E-state index contributed by atoms with van der Waals surface area (Å²) in [5.41, 5.74) is 1.76. The molecule has 0 radical (unpaired) electrons. The molecule has 1 aromatic carbocycles. The number of nitrogens with one attached hydrogen (secondary N) is 1. The highest BCUT2D eigenvalue weighted by molar-refractivity contribution is 5.87. The van der Waals surface area contributed by atoms with Gasteiger partial charge in [0.1, 0.15) is 0 Å². The summed E-state index contributed by atoms with van der Waals surface area (Å²) in [7, 11) is 0. The van der Waals surface area contributed by atoms with E-state index in [0.717, 1.165) is 11.3 Å². The molecule has 0 spiro atoms. The first-order valence-corrected chi connectivity index (χ1v) is 5.24. The number of ketones is 1. The first kappa shape index (κ1) is 12.5. The Morgan fingerprint density at radius 2 is 2.00 bits per heavy atom. The highest BCUT2D eigenvalue weighted by Gasteiger charge is 2.08. The van der Waals surface area contributed by atoms with Crippen molar-refractivity contribution in [2.75, 3.05) is 6.61 Å². The molecule has 0 amide bonds. The molecule has 0 bridgehead atoms. The first-order chi connectivity index (χ1) is 7.63. The second kappa shape index (κ2) is 6.08. The Labute approximate surface area is 95.8 Å². The molecule has 0 saturated heterocycles. The van der Waals surface area contributed by atoms with Crippen molar-refractivity contribution in [2.24, 2.45) is 0 Å². The van der Waals surface area contributed by atoms with Crippen LogP contribution in [0.5, 0.6) is 0 Å². The zero-order chi connectivity index (χ0) is 12.0. The quantitative estimate of drug-likeness (QED) is 0.742. The number of hydrogen-bond acceptors (Lipinski definition) is 3. The topological polar surface area (TPSA) is 49.3 Å². The third-order valence-electron chi connectivity index (χ3n) is 2.21. The number of hydrogen-bond donors (Lipinski definition) is 2. The average molecular weight is 219 g/mol. The van der Waals surface area contributed by atoms with Crippen LogP contribution in [0.4, 0.5) is 0 Å². The van der Waals surface area contributed by atoms with Crippen LogP contribution >= 0.6 is 0 Å². The molecular formula is C13H17NO2. The van der Waals surface area contributed by atoms with Gasteiger partial charge in [-0.15, -0.1) is 0 Å². The van der Waals surface area contributed by atoms with Crippen molar-refractivity contribution >= 4 is 5.78 Å². The molecule has 0 fully saturated rings. The van der Waals surface area contributed by atoms with Crippen LogP contribution in [0.15, 0.2) is 42.1 Å². The monoisotopic (exact) mass is 219 g/mol.